The van der Waals surface area contributed by atoms with Gasteiger partial charge in [-0.15, -0.1) is 0 Å². The largest absolute Gasteiger partial charge is 0.389 e. The number of benzene rings is 2. The Morgan fingerprint density at radius 2 is 1.52 bits per heavy atom. The number of rotatable bonds is 8. The van der Waals surface area contributed by atoms with E-state index in [0.717, 1.165) is 11.1 Å². The molecule has 7 heteroatoms. The predicted molar refractivity (Wildman–Crippen MR) is 130 cm³/mol. The Bertz CT molecular complexity index is 979. The second-order valence-corrected chi connectivity index (χ2v) is 14.3. The second kappa shape index (κ2) is 9.41. The lowest BCUT2D eigenvalue weighted by molar-refractivity contribution is -0.217. The molecule has 2 aromatic carbocycles. The highest BCUT2D eigenvalue weighted by atomic mass is 28.4. The summed E-state index contributed by atoms with van der Waals surface area (Å²) in [7, 11) is -0.493. The van der Waals surface area contributed by atoms with E-state index in [2.05, 4.69) is 19.6 Å². The molecular formula is C26H34N2O4Si. The second-order valence-electron chi connectivity index (χ2n) is 9.91. The molecule has 2 amide bonds. The number of carbonyl (C=O) groups excluding carboxylic acids is 2. The van der Waals surface area contributed by atoms with Crippen LogP contribution in [0.4, 0.5) is 0 Å². The molecule has 3 fully saturated rings. The minimum atomic E-state index is -2.10. The molecule has 0 unspecified atom stereocenters. The third-order valence-corrected chi connectivity index (χ3v) is 7.42. The van der Waals surface area contributed by atoms with Gasteiger partial charge in [-0.1, -0.05) is 60.7 Å². The van der Waals surface area contributed by atoms with Crippen molar-refractivity contribution in [1.82, 2.24) is 9.80 Å². The first-order chi connectivity index (χ1) is 15.7. The molecule has 3 aliphatic heterocycles. The topological polar surface area (TPSA) is 59.1 Å². The van der Waals surface area contributed by atoms with Gasteiger partial charge in [0.25, 0.3) is 5.91 Å². The molecule has 0 spiro atoms. The number of hydrogen-bond acceptors (Lipinski definition) is 4. The summed E-state index contributed by atoms with van der Waals surface area (Å²) in [4.78, 5) is 31.3. The minimum absolute atomic E-state index is 0.00966. The van der Waals surface area contributed by atoms with Crippen LogP contribution in [0.15, 0.2) is 60.7 Å². The molecular weight excluding hydrogens is 432 g/mol. The van der Waals surface area contributed by atoms with Crippen molar-refractivity contribution in [1.29, 1.82) is 0 Å². The Balaban J connectivity index is 1.70. The standard InChI is InChI=1S/C26H34N2O4Si/c1-31-26(32-33(2,3)4)17-15-22-24(29)27(18-16-20-11-7-5-8-12-20)23(26)25(30)28(22)19-21-13-9-6-10-14-21/h5-14,22-23H,15-19H2,1-4H3/t22-,23+,26+/m0/s1. The van der Waals surface area contributed by atoms with Crippen LogP contribution in [0.2, 0.25) is 19.6 Å². The lowest BCUT2D eigenvalue weighted by Crippen LogP contribution is -2.69. The fourth-order valence-corrected chi connectivity index (χ4v) is 6.39. The normalized spacial score (nSPS) is 25.5. The summed E-state index contributed by atoms with van der Waals surface area (Å²) in [5.41, 5.74) is 2.14. The van der Waals surface area contributed by atoms with Crippen molar-refractivity contribution in [2.75, 3.05) is 13.7 Å². The van der Waals surface area contributed by atoms with Gasteiger partial charge in [-0.2, -0.15) is 0 Å². The Kier molecular flexibility index (Phi) is 6.75. The lowest BCUT2D eigenvalue weighted by atomic mass is 10.00. The maximum Gasteiger partial charge on any atom is 0.251 e. The van der Waals surface area contributed by atoms with E-state index in [0.29, 0.717) is 32.4 Å². The van der Waals surface area contributed by atoms with Crippen molar-refractivity contribution >= 4 is 20.1 Å². The molecule has 0 aliphatic carbocycles. The monoisotopic (exact) mass is 466 g/mol. The van der Waals surface area contributed by atoms with Crippen LogP contribution in [0, 0.1) is 0 Å². The molecule has 33 heavy (non-hydrogen) atoms. The van der Waals surface area contributed by atoms with Crippen LogP contribution >= 0.6 is 0 Å². The van der Waals surface area contributed by atoms with Gasteiger partial charge in [0.05, 0.1) is 0 Å². The molecule has 0 N–H and O–H groups in total. The molecule has 3 heterocycles. The maximum atomic E-state index is 14.0. The van der Waals surface area contributed by atoms with Crippen LogP contribution in [0.3, 0.4) is 0 Å². The first-order valence-corrected chi connectivity index (χ1v) is 15.1. The predicted octanol–water partition coefficient (Wildman–Crippen LogP) is 3.83. The van der Waals surface area contributed by atoms with Crippen molar-refractivity contribution in [2.24, 2.45) is 0 Å². The Hall–Kier alpha value is -2.48. The SMILES string of the molecule is CO[C@@]1(O[Si](C)(C)C)CC[C@H]2C(=O)N(CCc3ccccc3)[C@@H]1C(=O)N2Cc1ccccc1. The number of methoxy groups -OCH3 is 1. The average molecular weight is 467 g/mol. The summed E-state index contributed by atoms with van der Waals surface area (Å²) in [5.74, 6) is -1.23. The van der Waals surface area contributed by atoms with E-state index in [1.807, 2.05) is 60.7 Å². The van der Waals surface area contributed by atoms with E-state index in [-0.39, 0.29) is 11.8 Å². The van der Waals surface area contributed by atoms with Crippen molar-refractivity contribution in [3.05, 3.63) is 71.8 Å². The Morgan fingerprint density at radius 1 is 0.909 bits per heavy atom. The fraction of sp³-hybridized carbons (Fsp3) is 0.462. The first-order valence-electron chi connectivity index (χ1n) is 11.7. The average Bonchev–Trinajstić information content (AvgIpc) is 2.97. The van der Waals surface area contributed by atoms with Gasteiger partial charge in [0.1, 0.15) is 6.04 Å². The Morgan fingerprint density at radius 3 is 2.09 bits per heavy atom. The van der Waals surface area contributed by atoms with Gasteiger partial charge < -0.3 is 19.0 Å². The highest BCUT2D eigenvalue weighted by Crippen LogP contribution is 2.41. The van der Waals surface area contributed by atoms with Crippen molar-refractivity contribution in [2.45, 2.75) is 63.3 Å². The van der Waals surface area contributed by atoms with Crippen molar-refractivity contribution in [3.8, 4) is 0 Å². The number of amides is 2. The summed E-state index contributed by atoms with van der Waals surface area (Å²) in [5, 5.41) is 0. The number of fused-ring (bicyclic) bond motifs is 4. The molecule has 176 valence electrons. The molecule has 3 atom stereocenters. The van der Waals surface area contributed by atoms with Gasteiger partial charge in [-0.05, 0) is 43.6 Å². The zero-order valence-electron chi connectivity index (χ0n) is 20.0. The van der Waals surface area contributed by atoms with Gasteiger partial charge >= 0.3 is 0 Å². The summed E-state index contributed by atoms with van der Waals surface area (Å²) < 4.78 is 12.6. The third-order valence-electron chi connectivity index (χ3n) is 6.46. The van der Waals surface area contributed by atoms with Gasteiger partial charge in [0, 0.05) is 26.6 Å². The van der Waals surface area contributed by atoms with Gasteiger partial charge in [-0.25, -0.2) is 0 Å². The van der Waals surface area contributed by atoms with E-state index in [1.54, 1.807) is 16.9 Å². The zero-order chi connectivity index (χ0) is 23.6. The maximum absolute atomic E-state index is 14.0. The van der Waals surface area contributed by atoms with E-state index in [1.165, 1.54) is 0 Å². The van der Waals surface area contributed by atoms with E-state index >= 15 is 0 Å². The minimum Gasteiger partial charge on any atom is -0.389 e. The number of hydrogen-bond donors (Lipinski definition) is 0. The van der Waals surface area contributed by atoms with Crippen LogP contribution in [0.1, 0.15) is 24.0 Å². The van der Waals surface area contributed by atoms with Gasteiger partial charge in [0.2, 0.25) is 5.91 Å². The first kappa shape index (κ1) is 23.7. The number of ether oxygens (including phenoxy) is 1. The molecule has 0 aromatic heterocycles. The van der Waals surface area contributed by atoms with Crippen LogP contribution < -0.4 is 0 Å². The summed E-state index contributed by atoms with van der Waals surface area (Å²) in [6, 6.07) is 18.6. The zero-order valence-corrected chi connectivity index (χ0v) is 21.0. The highest BCUT2D eigenvalue weighted by molar-refractivity contribution is 6.69. The van der Waals surface area contributed by atoms with Crippen LogP contribution in [-0.4, -0.2) is 61.5 Å². The van der Waals surface area contributed by atoms with E-state index < -0.39 is 26.2 Å². The molecule has 3 aliphatic rings. The van der Waals surface area contributed by atoms with E-state index in [9.17, 15) is 9.59 Å². The Labute approximate surface area is 197 Å². The van der Waals surface area contributed by atoms with Crippen LogP contribution in [0.25, 0.3) is 0 Å². The lowest BCUT2D eigenvalue weighted by Gasteiger charge is -2.48. The van der Waals surface area contributed by atoms with Crippen molar-refractivity contribution in [3.63, 3.8) is 0 Å². The fourth-order valence-electron chi connectivity index (χ4n) is 5.06. The van der Waals surface area contributed by atoms with Crippen molar-refractivity contribution < 1.29 is 18.8 Å². The number of nitrogens with zero attached hydrogens (tertiary/aromatic N) is 2. The van der Waals surface area contributed by atoms with E-state index in [4.69, 9.17) is 9.16 Å². The molecule has 0 saturated carbocycles. The molecule has 3 saturated heterocycles. The summed E-state index contributed by atoms with van der Waals surface area (Å²) in [6.45, 7) is 7.13. The highest BCUT2D eigenvalue weighted by Gasteiger charge is 2.60. The molecule has 6 nitrogen and oxygen atoms in total. The van der Waals surface area contributed by atoms with Crippen LogP contribution in [-0.2, 0) is 31.7 Å². The summed E-state index contributed by atoms with van der Waals surface area (Å²) in [6.07, 6.45) is 1.70. The number of carbonyl (C=O) groups is 2. The van der Waals surface area contributed by atoms with Crippen LogP contribution in [0.5, 0.6) is 0 Å². The summed E-state index contributed by atoms with van der Waals surface area (Å²) >= 11 is 0. The molecule has 0 radical (unpaired) electrons. The third kappa shape index (κ3) is 4.90. The smallest absolute Gasteiger partial charge is 0.251 e. The quantitative estimate of drug-likeness (QED) is 0.438. The number of piperazine rings is 1. The molecule has 5 rings (SSSR count). The van der Waals surface area contributed by atoms with Gasteiger partial charge in [-0.3, -0.25) is 9.59 Å². The molecule has 2 bridgehead atoms. The molecule has 2 aromatic rings. The van der Waals surface area contributed by atoms with Gasteiger partial charge in [0.15, 0.2) is 20.1 Å².